The summed E-state index contributed by atoms with van der Waals surface area (Å²) in [7, 11) is 0. The summed E-state index contributed by atoms with van der Waals surface area (Å²) in [5, 5.41) is 3.61. The van der Waals surface area contributed by atoms with E-state index >= 15 is 0 Å². The number of pyridine rings is 1. The number of rotatable bonds is 3. The maximum atomic E-state index is 13.3. The van der Waals surface area contributed by atoms with Gasteiger partial charge in [0.05, 0.1) is 6.20 Å². The Balaban J connectivity index is 1.79. The Morgan fingerprint density at radius 1 is 1.30 bits per heavy atom. The van der Waals surface area contributed by atoms with E-state index in [1.807, 2.05) is 0 Å². The maximum Gasteiger partial charge on any atom is 0.141 e. The standard InChI is InChI=1S/C17H19FN2/c1-12(14-9-15(18)11-19-10-14)20-17-8-4-6-13-5-2-3-7-16(13)17/h2-3,5,7,9-12,17,20H,4,6,8H2,1H3. The molecule has 0 fully saturated rings. The molecular weight excluding hydrogens is 251 g/mol. The molecule has 0 spiro atoms. The predicted molar refractivity (Wildman–Crippen MR) is 77.9 cm³/mol. The molecule has 0 saturated carbocycles. The molecule has 1 heterocycles. The molecule has 3 heteroatoms. The van der Waals surface area contributed by atoms with Crippen molar-refractivity contribution in [3.63, 3.8) is 0 Å². The third-order valence-electron chi connectivity index (χ3n) is 4.05. The minimum atomic E-state index is -0.278. The van der Waals surface area contributed by atoms with Crippen LogP contribution < -0.4 is 5.32 Å². The van der Waals surface area contributed by atoms with Gasteiger partial charge in [-0.25, -0.2) is 4.39 Å². The number of aryl methyl sites for hydroxylation is 1. The van der Waals surface area contributed by atoms with E-state index in [0.29, 0.717) is 6.04 Å². The first-order valence-corrected chi connectivity index (χ1v) is 7.18. The highest BCUT2D eigenvalue weighted by Crippen LogP contribution is 2.31. The molecule has 3 rings (SSSR count). The molecule has 1 aromatic heterocycles. The van der Waals surface area contributed by atoms with Crippen molar-refractivity contribution in [2.24, 2.45) is 0 Å². The summed E-state index contributed by atoms with van der Waals surface area (Å²) < 4.78 is 13.3. The maximum absolute atomic E-state index is 13.3. The quantitative estimate of drug-likeness (QED) is 0.913. The summed E-state index contributed by atoms with van der Waals surface area (Å²) in [6, 6.07) is 10.6. The van der Waals surface area contributed by atoms with Crippen LogP contribution in [0.4, 0.5) is 4.39 Å². The van der Waals surface area contributed by atoms with Crippen molar-refractivity contribution in [1.29, 1.82) is 0 Å². The van der Waals surface area contributed by atoms with E-state index in [2.05, 4.69) is 41.5 Å². The molecule has 1 aliphatic rings. The van der Waals surface area contributed by atoms with E-state index in [0.717, 1.165) is 18.4 Å². The summed E-state index contributed by atoms with van der Waals surface area (Å²) in [6.45, 7) is 2.06. The molecule has 0 amide bonds. The van der Waals surface area contributed by atoms with Crippen LogP contribution in [-0.2, 0) is 6.42 Å². The van der Waals surface area contributed by atoms with Gasteiger partial charge >= 0.3 is 0 Å². The molecule has 0 radical (unpaired) electrons. The van der Waals surface area contributed by atoms with E-state index < -0.39 is 0 Å². The molecule has 1 N–H and O–H groups in total. The van der Waals surface area contributed by atoms with Crippen LogP contribution in [0, 0.1) is 5.82 Å². The second-order valence-electron chi connectivity index (χ2n) is 5.47. The van der Waals surface area contributed by atoms with E-state index in [4.69, 9.17) is 0 Å². The summed E-state index contributed by atoms with van der Waals surface area (Å²) in [4.78, 5) is 3.93. The number of hydrogen-bond donors (Lipinski definition) is 1. The lowest BCUT2D eigenvalue weighted by molar-refractivity contribution is 0.414. The van der Waals surface area contributed by atoms with Crippen molar-refractivity contribution in [2.75, 3.05) is 0 Å². The first-order valence-electron chi connectivity index (χ1n) is 7.18. The summed E-state index contributed by atoms with van der Waals surface area (Å²) in [5.41, 5.74) is 3.71. The van der Waals surface area contributed by atoms with Gasteiger partial charge in [-0.2, -0.15) is 0 Å². The number of hydrogen-bond acceptors (Lipinski definition) is 2. The molecule has 0 aliphatic heterocycles. The first-order chi connectivity index (χ1) is 9.74. The number of halogens is 1. The van der Waals surface area contributed by atoms with Gasteiger partial charge in [0.2, 0.25) is 0 Å². The Kier molecular flexibility index (Phi) is 3.79. The first kappa shape index (κ1) is 13.3. The molecule has 1 aliphatic carbocycles. The van der Waals surface area contributed by atoms with Crippen LogP contribution >= 0.6 is 0 Å². The third-order valence-corrected chi connectivity index (χ3v) is 4.05. The van der Waals surface area contributed by atoms with Crippen LogP contribution in [0.5, 0.6) is 0 Å². The lowest BCUT2D eigenvalue weighted by Crippen LogP contribution is -2.27. The zero-order valence-corrected chi connectivity index (χ0v) is 11.6. The number of aromatic nitrogens is 1. The van der Waals surface area contributed by atoms with Gasteiger partial charge in [-0.3, -0.25) is 4.98 Å². The van der Waals surface area contributed by atoms with E-state index in [1.54, 1.807) is 12.3 Å². The number of nitrogens with zero attached hydrogens (tertiary/aromatic N) is 1. The smallest absolute Gasteiger partial charge is 0.141 e. The lowest BCUT2D eigenvalue weighted by atomic mass is 9.87. The van der Waals surface area contributed by atoms with E-state index in [1.165, 1.54) is 23.7 Å². The summed E-state index contributed by atoms with van der Waals surface area (Å²) >= 11 is 0. The second kappa shape index (κ2) is 5.71. The third kappa shape index (κ3) is 2.73. The fourth-order valence-corrected chi connectivity index (χ4v) is 2.99. The largest absolute Gasteiger partial charge is 0.303 e. The Morgan fingerprint density at radius 2 is 2.15 bits per heavy atom. The topological polar surface area (TPSA) is 24.9 Å². The van der Waals surface area contributed by atoms with Crippen LogP contribution in [-0.4, -0.2) is 4.98 Å². The normalized spacial score (nSPS) is 19.4. The van der Waals surface area contributed by atoms with Crippen LogP contribution in [0.15, 0.2) is 42.7 Å². The molecule has 0 saturated heterocycles. The van der Waals surface area contributed by atoms with Gasteiger partial charge in [-0.15, -0.1) is 0 Å². The molecule has 2 unspecified atom stereocenters. The number of nitrogens with one attached hydrogen (secondary N) is 1. The SMILES string of the molecule is CC(NC1CCCc2ccccc21)c1cncc(F)c1. The van der Waals surface area contributed by atoms with Crippen molar-refractivity contribution in [3.8, 4) is 0 Å². The Morgan fingerprint density at radius 3 is 3.00 bits per heavy atom. The van der Waals surface area contributed by atoms with Crippen LogP contribution in [0.25, 0.3) is 0 Å². The van der Waals surface area contributed by atoms with E-state index in [9.17, 15) is 4.39 Å². The van der Waals surface area contributed by atoms with E-state index in [-0.39, 0.29) is 11.9 Å². The highest BCUT2D eigenvalue weighted by atomic mass is 19.1. The fourth-order valence-electron chi connectivity index (χ4n) is 2.99. The molecular formula is C17H19FN2. The van der Waals surface area contributed by atoms with Crippen molar-refractivity contribution >= 4 is 0 Å². The number of benzene rings is 1. The zero-order chi connectivity index (χ0) is 13.9. The molecule has 2 aromatic rings. The predicted octanol–water partition coefficient (Wildman–Crippen LogP) is 3.95. The van der Waals surface area contributed by atoms with Crippen LogP contribution in [0.2, 0.25) is 0 Å². The average molecular weight is 270 g/mol. The minimum absolute atomic E-state index is 0.0920. The van der Waals surface area contributed by atoms with Gasteiger partial charge in [0.1, 0.15) is 5.82 Å². The highest BCUT2D eigenvalue weighted by Gasteiger charge is 2.21. The molecule has 20 heavy (non-hydrogen) atoms. The van der Waals surface area contributed by atoms with Gasteiger partial charge < -0.3 is 5.32 Å². The molecule has 2 atom stereocenters. The molecule has 1 aromatic carbocycles. The van der Waals surface area contributed by atoms with Crippen LogP contribution in [0.1, 0.15) is 48.5 Å². The molecule has 2 nitrogen and oxygen atoms in total. The lowest BCUT2D eigenvalue weighted by Gasteiger charge is -2.29. The average Bonchev–Trinajstić information content (AvgIpc) is 2.47. The van der Waals surface area contributed by atoms with Crippen molar-refractivity contribution in [1.82, 2.24) is 10.3 Å². The Labute approximate surface area is 119 Å². The monoisotopic (exact) mass is 270 g/mol. The minimum Gasteiger partial charge on any atom is -0.303 e. The highest BCUT2D eigenvalue weighted by molar-refractivity contribution is 5.32. The second-order valence-corrected chi connectivity index (χ2v) is 5.47. The van der Waals surface area contributed by atoms with Gasteiger partial charge in [0.15, 0.2) is 0 Å². The number of fused-ring (bicyclic) bond motifs is 1. The fraction of sp³-hybridized carbons (Fsp3) is 0.353. The van der Waals surface area contributed by atoms with Gasteiger partial charge in [0.25, 0.3) is 0 Å². The van der Waals surface area contributed by atoms with Gasteiger partial charge in [0, 0.05) is 18.3 Å². The molecule has 0 bridgehead atoms. The van der Waals surface area contributed by atoms with Crippen molar-refractivity contribution in [3.05, 3.63) is 65.2 Å². The van der Waals surface area contributed by atoms with Crippen molar-refractivity contribution < 1.29 is 4.39 Å². The summed E-state index contributed by atoms with van der Waals surface area (Å²) in [6.07, 6.45) is 6.46. The summed E-state index contributed by atoms with van der Waals surface area (Å²) in [5.74, 6) is -0.278. The molecule has 104 valence electrons. The Hall–Kier alpha value is -1.74. The Bertz CT molecular complexity index is 597. The van der Waals surface area contributed by atoms with Gasteiger partial charge in [-0.05, 0) is 48.9 Å². The van der Waals surface area contributed by atoms with Crippen LogP contribution in [0.3, 0.4) is 0 Å². The van der Waals surface area contributed by atoms with Gasteiger partial charge in [-0.1, -0.05) is 24.3 Å². The van der Waals surface area contributed by atoms with Crippen molar-refractivity contribution in [2.45, 2.75) is 38.3 Å². The zero-order valence-electron chi connectivity index (χ0n) is 11.6.